The molecule has 3 unspecified atom stereocenters. The van der Waals surface area contributed by atoms with Crippen molar-refractivity contribution in [3.63, 3.8) is 0 Å². The lowest BCUT2D eigenvalue weighted by Gasteiger charge is -2.20. The lowest BCUT2D eigenvalue weighted by atomic mass is 10.0. The van der Waals surface area contributed by atoms with E-state index in [2.05, 4.69) is 55.6 Å². The molecule has 1 amide bonds. The average Bonchev–Trinajstić information content (AvgIpc) is 3.23. The van der Waals surface area contributed by atoms with Gasteiger partial charge in [0.25, 0.3) is 0 Å². The molecule has 0 fully saturated rings. The van der Waals surface area contributed by atoms with Crippen LogP contribution in [0.3, 0.4) is 0 Å². The fraction of sp³-hybridized carbons (Fsp3) is 0.833. The third-order valence-corrected chi connectivity index (χ3v) is 11.8. The summed E-state index contributed by atoms with van der Waals surface area (Å²) in [5.74, 6) is -0.332. The minimum absolute atomic E-state index is 0.00436. The molecule has 4 N–H and O–H groups in total. The lowest BCUT2D eigenvalue weighted by molar-refractivity contribution is -0.124. The van der Waals surface area contributed by atoms with E-state index in [9.17, 15) is 20.1 Å². The largest absolute Gasteiger partial charge is 0.394 e. The van der Waals surface area contributed by atoms with Gasteiger partial charge in [0.1, 0.15) is 0 Å². The maximum absolute atomic E-state index is 12.5. The van der Waals surface area contributed by atoms with Gasteiger partial charge in [-0.05, 0) is 64.2 Å². The second-order valence-electron chi connectivity index (χ2n) is 17.8. The number of nitrogens with one attached hydrogen (secondary N) is 1. The minimum atomic E-state index is -0.958. The number of aliphatic hydroxyl groups excluding tert-OH is 3. The van der Waals surface area contributed by atoms with Gasteiger partial charge in [-0.15, -0.1) is 0 Å². The summed E-state index contributed by atoms with van der Waals surface area (Å²) in [6, 6.07) is -0.768. The molecule has 0 heterocycles. The predicted octanol–water partition coefficient (Wildman–Crippen LogP) is 15.7. The Kier molecular flexibility index (Phi) is 47.6. The van der Waals surface area contributed by atoms with Crippen molar-refractivity contribution in [3.05, 3.63) is 48.6 Å². The van der Waals surface area contributed by atoms with Crippen molar-refractivity contribution >= 4 is 5.91 Å². The molecule has 0 aromatic heterocycles. The monoisotopic (exact) mass is 828 g/mol. The molecular weight excluding hydrogens is 727 g/mol. The van der Waals surface area contributed by atoms with Crippen molar-refractivity contribution in [2.45, 2.75) is 283 Å². The molecular formula is C54H101NO4. The minimum Gasteiger partial charge on any atom is -0.394 e. The standard InChI is InChI=1S/C54H101NO4/c1-3-5-7-9-11-13-15-17-19-21-23-25-26-28-30-32-34-36-38-40-42-44-46-48-53(58)52(50-56)55-54(59)49-51(57)47-45-43-41-39-37-35-33-31-29-27-24-22-20-18-16-14-12-10-8-6-4-2/h24,27,31,33,38,40,46,48,51-53,56-58H,3-23,25-26,28-30,32,34-37,39,41-45,47,49-50H2,1-2H3,(H,55,59)/b27-24-,33-31-,40-38+,48-46+. The van der Waals surface area contributed by atoms with Gasteiger partial charge in [-0.3, -0.25) is 4.79 Å². The molecule has 0 saturated carbocycles. The lowest BCUT2D eigenvalue weighted by Crippen LogP contribution is -2.45. The molecule has 0 radical (unpaired) electrons. The number of allylic oxidation sites excluding steroid dienone is 7. The number of hydrogen-bond acceptors (Lipinski definition) is 4. The third kappa shape index (κ3) is 45.7. The van der Waals surface area contributed by atoms with Gasteiger partial charge in [-0.2, -0.15) is 0 Å². The van der Waals surface area contributed by atoms with Crippen molar-refractivity contribution in [1.82, 2.24) is 5.32 Å². The van der Waals surface area contributed by atoms with Crippen LogP contribution in [-0.4, -0.2) is 46.1 Å². The Bertz CT molecular complexity index is 958. The number of unbranched alkanes of at least 4 members (excludes halogenated alkanes) is 32. The van der Waals surface area contributed by atoms with Gasteiger partial charge in [0.15, 0.2) is 0 Å². The summed E-state index contributed by atoms with van der Waals surface area (Å²) in [6.07, 6.45) is 64.2. The highest BCUT2D eigenvalue weighted by Gasteiger charge is 2.20. The smallest absolute Gasteiger partial charge is 0.222 e. The fourth-order valence-corrected chi connectivity index (χ4v) is 7.86. The van der Waals surface area contributed by atoms with Crippen LogP contribution < -0.4 is 5.32 Å². The van der Waals surface area contributed by atoms with Crippen molar-refractivity contribution in [2.24, 2.45) is 0 Å². The predicted molar refractivity (Wildman–Crippen MR) is 259 cm³/mol. The average molecular weight is 828 g/mol. The summed E-state index contributed by atoms with van der Waals surface area (Å²) in [7, 11) is 0. The molecule has 0 aliphatic heterocycles. The number of amides is 1. The van der Waals surface area contributed by atoms with Crippen LogP contribution in [0.2, 0.25) is 0 Å². The normalized spacial score (nSPS) is 13.8. The number of hydrogen-bond donors (Lipinski definition) is 4. The molecule has 3 atom stereocenters. The Morgan fingerprint density at radius 1 is 0.441 bits per heavy atom. The van der Waals surface area contributed by atoms with E-state index in [-0.39, 0.29) is 18.9 Å². The molecule has 0 saturated heterocycles. The molecule has 346 valence electrons. The maximum Gasteiger partial charge on any atom is 0.222 e. The first-order valence-corrected chi connectivity index (χ1v) is 25.9. The van der Waals surface area contributed by atoms with Crippen LogP contribution in [0.1, 0.15) is 264 Å². The van der Waals surface area contributed by atoms with Gasteiger partial charge in [0, 0.05) is 0 Å². The first-order valence-electron chi connectivity index (χ1n) is 25.9. The Morgan fingerprint density at radius 2 is 0.780 bits per heavy atom. The highest BCUT2D eigenvalue weighted by atomic mass is 16.3. The molecule has 0 rings (SSSR count). The van der Waals surface area contributed by atoms with Crippen molar-refractivity contribution in [3.8, 4) is 0 Å². The van der Waals surface area contributed by atoms with Crippen LogP contribution in [0.25, 0.3) is 0 Å². The van der Waals surface area contributed by atoms with E-state index < -0.39 is 18.2 Å². The molecule has 5 nitrogen and oxygen atoms in total. The van der Waals surface area contributed by atoms with Crippen LogP contribution in [0.4, 0.5) is 0 Å². The zero-order valence-corrected chi connectivity index (χ0v) is 39.4. The summed E-state index contributed by atoms with van der Waals surface area (Å²) in [6.45, 7) is 4.22. The molecule has 0 spiro atoms. The molecule has 0 aromatic rings. The van der Waals surface area contributed by atoms with Gasteiger partial charge >= 0.3 is 0 Å². The van der Waals surface area contributed by atoms with Gasteiger partial charge in [-0.1, -0.05) is 242 Å². The topological polar surface area (TPSA) is 89.8 Å². The van der Waals surface area contributed by atoms with Crippen molar-refractivity contribution in [2.75, 3.05) is 6.61 Å². The van der Waals surface area contributed by atoms with Crippen molar-refractivity contribution in [1.29, 1.82) is 0 Å². The van der Waals surface area contributed by atoms with E-state index in [1.807, 2.05) is 6.08 Å². The highest BCUT2D eigenvalue weighted by Crippen LogP contribution is 2.16. The molecule has 59 heavy (non-hydrogen) atoms. The Hall–Kier alpha value is -1.69. The molecule has 0 bridgehead atoms. The van der Waals surface area contributed by atoms with E-state index in [1.54, 1.807) is 6.08 Å². The Morgan fingerprint density at radius 3 is 1.19 bits per heavy atom. The summed E-state index contributed by atoms with van der Waals surface area (Å²) < 4.78 is 0. The fourth-order valence-electron chi connectivity index (χ4n) is 7.86. The van der Waals surface area contributed by atoms with Gasteiger partial charge in [0.2, 0.25) is 5.91 Å². The number of carbonyl (C=O) groups excluding carboxylic acids is 1. The quantitative estimate of drug-likeness (QED) is 0.0363. The van der Waals surface area contributed by atoms with E-state index in [1.165, 1.54) is 186 Å². The molecule has 0 aromatic carbocycles. The van der Waals surface area contributed by atoms with Crippen LogP contribution >= 0.6 is 0 Å². The van der Waals surface area contributed by atoms with Crippen LogP contribution in [0, 0.1) is 0 Å². The Labute approximate surface area is 367 Å². The van der Waals surface area contributed by atoms with Gasteiger partial charge in [-0.25, -0.2) is 0 Å². The van der Waals surface area contributed by atoms with E-state index >= 15 is 0 Å². The second-order valence-corrected chi connectivity index (χ2v) is 17.8. The zero-order chi connectivity index (χ0) is 43.0. The molecule has 0 aliphatic carbocycles. The van der Waals surface area contributed by atoms with E-state index in [4.69, 9.17) is 0 Å². The van der Waals surface area contributed by atoms with Crippen LogP contribution in [0.5, 0.6) is 0 Å². The van der Waals surface area contributed by atoms with Crippen LogP contribution in [0.15, 0.2) is 48.6 Å². The first-order chi connectivity index (χ1) is 29.0. The van der Waals surface area contributed by atoms with Crippen LogP contribution in [-0.2, 0) is 4.79 Å². The molecule has 0 aliphatic rings. The summed E-state index contributed by atoms with van der Waals surface area (Å²) in [4.78, 5) is 12.5. The summed E-state index contributed by atoms with van der Waals surface area (Å²) in [5.41, 5.74) is 0. The first kappa shape index (κ1) is 57.3. The number of aliphatic hydroxyl groups is 3. The maximum atomic E-state index is 12.5. The Balaban J connectivity index is 3.68. The van der Waals surface area contributed by atoms with Gasteiger partial charge in [0.05, 0.1) is 31.3 Å². The van der Waals surface area contributed by atoms with Crippen molar-refractivity contribution < 1.29 is 20.1 Å². The highest BCUT2D eigenvalue weighted by molar-refractivity contribution is 5.76. The zero-order valence-electron chi connectivity index (χ0n) is 39.4. The van der Waals surface area contributed by atoms with Gasteiger partial charge < -0.3 is 20.6 Å². The second kappa shape index (κ2) is 49.0. The van der Waals surface area contributed by atoms with E-state index in [0.29, 0.717) is 6.42 Å². The summed E-state index contributed by atoms with van der Waals surface area (Å²) in [5, 5.41) is 33.3. The summed E-state index contributed by atoms with van der Waals surface area (Å²) >= 11 is 0. The third-order valence-electron chi connectivity index (χ3n) is 11.8. The molecule has 5 heteroatoms. The number of rotatable bonds is 47. The number of carbonyl (C=O) groups is 1. The SMILES string of the molecule is CCCCCCCCCCC/C=C\C/C=C\CCCCCCCC(O)CC(=O)NC(CO)C(O)/C=C/CC/C=C/CCCCCCCCCCCCCCCCCCC. The van der Waals surface area contributed by atoms with E-state index in [0.717, 1.165) is 51.4 Å².